The van der Waals surface area contributed by atoms with Crippen LogP contribution >= 0.6 is 12.2 Å². The summed E-state index contributed by atoms with van der Waals surface area (Å²) in [6, 6.07) is 7.39. The molecule has 0 aliphatic rings. The van der Waals surface area contributed by atoms with Crippen LogP contribution in [0, 0.1) is 10.2 Å². The van der Waals surface area contributed by atoms with Crippen LogP contribution in [0.2, 0.25) is 0 Å². The average Bonchev–Trinajstić information content (AvgIpc) is 2.61. The summed E-state index contributed by atoms with van der Waals surface area (Å²) in [5.74, 6) is 0.0898. The third-order valence-corrected chi connectivity index (χ3v) is 5.01. The maximum absolute atomic E-state index is 12.6. The highest BCUT2D eigenvalue weighted by Gasteiger charge is 2.19. The molecule has 0 unspecified atom stereocenters. The first-order chi connectivity index (χ1) is 13.2. The van der Waals surface area contributed by atoms with Crippen molar-refractivity contribution in [2.75, 3.05) is 27.2 Å². The number of rotatable bonds is 10. The molecule has 7 heteroatoms. The molecule has 0 aliphatic carbocycles. The van der Waals surface area contributed by atoms with Crippen LogP contribution in [-0.4, -0.2) is 47.5 Å². The molecule has 0 saturated heterocycles. The van der Waals surface area contributed by atoms with Crippen molar-refractivity contribution >= 4 is 29.0 Å². The molecule has 28 heavy (non-hydrogen) atoms. The van der Waals surface area contributed by atoms with Crippen molar-refractivity contribution in [3.8, 4) is 0 Å². The number of para-hydroxylation sites is 1. The Kier molecular flexibility index (Phi) is 7.95. The van der Waals surface area contributed by atoms with Gasteiger partial charge in [0.05, 0.1) is 10.9 Å². The second kappa shape index (κ2) is 9.98. The molecular formula is C21H32N4O2S. The largest absolute Gasteiger partial charge is 0.356 e. The third-order valence-electron chi connectivity index (χ3n) is 4.68. The summed E-state index contributed by atoms with van der Waals surface area (Å²) in [6.07, 6.45) is 3.01. The van der Waals surface area contributed by atoms with Crippen LogP contribution in [0.1, 0.15) is 39.5 Å². The second-order valence-corrected chi connectivity index (χ2v) is 8.81. The number of unbranched alkanes of at least 4 members (excludes halogenated alkanes) is 2. The lowest BCUT2D eigenvalue weighted by atomic mass is 9.93. The number of carbonyl (C=O) groups excluding carboxylic acids is 1. The van der Waals surface area contributed by atoms with E-state index in [4.69, 9.17) is 12.2 Å². The van der Waals surface area contributed by atoms with Crippen molar-refractivity contribution in [2.24, 2.45) is 5.41 Å². The number of hydrogen-bond acceptors (Lipinski definition) is 4. The van der Waals surface area contributed by atoms with Crippen LogP contribution in [-0.2, 0) is 11.3 Å². The Labute approximate surface area is 171 Å². The first-order valence-electron chi connectivity index (χ1n) is 9.83. The summed E-state index contributed by atoms with van der Waals surface area (Å²) in [5, 5.41) is 3.68. The average molecular weight is 405 g/mol. The third kappa shape index (κ3) is 6.56. The Morgan fingerprint density at radius 1 is 1.21 bits per heavy atom. The number of aromatic nitrogens is 2. The highest BCUT2D eigenvalue weighted by atomic mass is 32.1. The fourth-order valence-corrected chi connectivity index (χ4v) is 3.76. The summed E-state index contributed by atoms with van der Waals surface area (Å²) >= 11 is 5.33. The molecular weight excluding hydrogens is 372 g/mol. The van der Waals surface area contributed by atoms with Crippen molar-refractivity contribution in [1.82, 2.24) is 19.8 Å². The van der Waals surface area contributed by atoms with Gasteiger partial charge in [-0.1, -0.05) is 32.4 Å². The molecule has 6 nitrogen and oxygen atoms in total. The van der Waals surface area contributed by atoms with Gasteiger partial charge in [-0.05, 0) is 56.7 Å². The van der Waals surface area contributed by atoms with Gasteiger partial charge >= 0.3 is 0 Å². The molecule has 0 spiro atoms. The summed E-state index contributed by atoms with van der Waals surface area (Å²) < 4.78 is 2.06. The lowest BCUT2D eigenvalue weighted by Crippen LogP contribution is -2.39. The maximum atomic E-state index is 12.6. The molecule has 0 saturated carbocycles. The van der Waals surface area contributed by atoms with Gasteiger partial charge in [0.2, 0.25) is 5.91 Å². The zero-order valence-electron chi connectivity index (χ0n) is 17.4. The monoisotopic (exact) mass is 404 g/mol. The molecule has 1 amide bonds. The summed E-state index contributed by atoms with van der Waals surface area (Å²) in [4.78, 5) is 29.9. The van der Waals surface area contributed by atoms with Crippen LogP contribution in [0.15, 0.2) is 29.1 Å². The standard InChI is InChI=1S/C21H32N4O2S/c1-21(2,15-24(3)4)14-22-18(26)12-6-5-9-13-25-19(27)16-10-7-8-11-17(16)23-20(25)28/h7-8,10-11H,5-6,9,12-15H2,1-4H3,(H,22,26)(H,23,28). The van der Waals surface area contributed by atoms with E-state index in [9.17, 15) is 9.59 Å². The molecule has 0 atom stereocenters. The second-order valence-electron chi connectivity index (χ2n) is 8.42. The minimum atomic E-state index is -0.0554. The van der Waals surface area contributed by atoms with E-state index in [1.54, 1.807) is 4.57 Å². The Balaban J connectivity index is 1.76. The normalized spacial score (nSPS) is 11.9. The van der Waals surface area contributed by atoms with Crippen LogP contribution in [0.25, 0.3) is 10.9 Å². The molecule has 154 valence electrons. The first-order valence-corrected chi connectivity index (χ1v) is 10.2. The van der Waals surface area contributed by atoms with Crippen LogP contribution < -0.4 is 10.9 Å². The lowest BCUT2D eigenvalue weighted by Gasteiger charge is -2.28. The van der Waals surface area contributed by atoms with Gasteiger partial charge in [0.1, 0.15) is 0 Å². The van der Waals surface area contributed by atoms with Gasteiger partial charge in [-0.2, -0.15) is 0 Å². The van der Waals surface area contributed by atoms with Crippen LogP contribution in [0.3, 0.4) is 0 Å². The van der Waals surface area contributed by atoms with Crippen LogP contribution in [0.5, 0.6) is 0 Å². The molecule has 0 fully saturated rings. The predicted molar refractivity (Wildman–Crippen MR) is 117 cm³/mol. The molecule has 0 radical (unpaired) electrons. The van der Waals surface area contributed by atoms with E-state index in [0.29, 0.717) is 29.7 Å². The fraction of sp³-hybridized carbons (Fsp3) is 0.571. The number of fused-ring (bicyclic) bond motifs is 1. The predicted octanol–water partition coefficient (Wildman–Crippen LogP) is 3.32. The zero-order chi connectivity index (χ0) is 20.7. The number of aromatic amines is 1. The Hall–Kier alpha value is -1.99. The quantitative estimate of drug-likeness (QED) is 0.471. The van der Waals surface area contributed by atoms with Gasteiger partial charge in [-0.25, -0.2) is 0 Å². The molecule has 1 aromatic heterocycles. The summed E-state index contributed by atoms with van der Waals surface area (Å²) in [7, 11) is 4.08. The van der Waals surface area contributed by atoms with Gasteiger partial charge in [0.25, 0.3) is 5.56 Å². The molecule has 1 heterocycles. The first kappa shape index (κ1) is 22.3. The van der Waals surface area contributed by atoms with Crippen molar-refractivity contribution in [2.45, 2.75) is 46.1 Å². The van der Waals surface area contributed by atoms with E-state index in [0.717, 1.165) is 31.3 Å². The SMILES string of the molecule is CN(C)CC(C)(C)CNC(=O)CCCCCn1c(=S)[nH]c2ccccc2c1=O. The van der Waals surface area contributed by atoms with E-state index in [2.05, 4.69) is 29.0 Å². The summed E-state index contributed by atoms with van der Waals surface area (Å²) in [5.41, 5.74) is 0.759. The highest BCUT2D eigenvalue weighted by molar-refractivity contribution is 7.71. The molecule has 2 aromatic rings. The van der Waals surface area contributed by atoms with Gasteiger partial charge in [0, 0.05) is 26.1 Å². The van der Waals surface area contributed by atoms with Gasteiger partial charge in [0.15, 0.2) is 4.77 Å². The number of hydrogen-bond donors (Lipinski definition) is 2. The van der Waals surface area contributed by atoms with Crippen molar-refractivity contribution in [1.29, 1.82) is 0 Å². The lowest BCUT2D eigenvalue weighted by molar-refractivity contribution is -0.121. The van der Waals surface area contributed by atoms with Gasteiger partial charge in [-0.15, -0.1) is 0 Å². The number of carbonyl (C=O) groups is 1. The smallest absolute Gasteiger partial charge is 0.262 e. The van der Waals surface area contributed by atoms with Crippen LogP contribution in [0.4, 0.5) is 0 Å². The zero-order valence-corrected chi connectivity index (χ0v) is 18.2. The van der Waals surface area contributed by atoms with E-state index in [1.165, 1.54) is 0 Å². The van der Waals surface area contributed by atoms with Crippen molar-refractivity contribution in [3.05, 3.63) is 39.4 Å². The highest BCUT2D eigenvalue weighted by Crippen LogP contribution is 2.14. The van der Waals surface area contributed by atoms with E-state index in [-0.39, 0.29) is 16.9 Å². The number of H-pyrrole nitrogens is 1. The minimum absolute atomic E-state index is 0.0484. The van der Waals surface area contributed by atoms with Gasteiger partial charge in [-0.3, -0.25) is 14.2 Å². The minimum Gasteiger partial charge on any atom is -0.356 e. The number of benzene rings is 1. The fourth-order valence-electron chi connectivity index (χ4n) is 3.47. The Morgan fingerprint density at radius 3 is 2.64 bits per heavy atom. The molecule has 0 aliphatic heterocycles. The number of amides is 1. The van der Waals surface area contributed by atoms with Crippen molar-refractivity contribution in [3.63, 3.8) is 0 Å². The molecule has 0 bridgehead atoms. The van der Waals surface area contributed by atoms with E-state index in [1.807, 2.05) is 38.4 Å². The van der Waals surface area contributed by atoms with Gasteiger partial charge < -0.3 is 15.2 Å². The maximum Gasteiger partial charge on any atom is 0.262 e. The molecule has 2 rings (SSSR count). The Bertz CT molecular complexity index is 914. The summed E-state index contributed by atoms with van der Waals surface area (Å²) in [6.45, 7) is 6.46. The topological polar surface area (TPSA) is 70.1 Å². The number of nitrogens with one attached hydrogen (secondary N) is 2. The van der Waals surface area contributed by atoms with Crippen molar-refractivity contribution < 1.29 is 4.79 Å². The Morgan fingerprint density at radius 2 is 1.93 bits per heavy atom. The van der Waals surface area contributed by atoms with E-state index >= 15 is 0 Å². The molecule has 1 aromatic carbocycles. The molecule has 2 N–H and O–H groups in total. The number of nitrogens with zero attached hydrogens (tertiary/aromatic N) is 2. The van der Waals surface area contributed by atoms with E-state index < -0.39 is 0 Å².